The standard InChI is InChI=1S/C25H29IN2O3S/c1-13-12-27-24(32-13)28-21(31)8-3-14-11-20(30)25(2)10-9-16-15-6-7-19(29)23(26)18(15)5-4-17(16)22(14)25/h6-7,12,14,16-17,22,29H,3-5,8-11H2,1-2H3,(H,27,28,31)/t14-,16?,17?,22?,25-/m1/s1. The SMILES string of the molecule is Cc1cnc(NC(=O)CC[C@@H]2CC(=O)[C@@]3(C)CCC4c5ccc(O)c(I)c5CCC4C23)s1. The second kappa shape index (κ2) is 8.38. The Labute approximate surface area is 206 Å². The highest BCUT2D eigenvalue weighted by atomic mass is 127. The molecule has 0 radical (unpaired) electrons. The Balaban J connectivity index is 1.35. The van der Waals surface area contributed by atoms with E-state index in [4.69, 9.17) is 0 Å². The fourth-order valence-electron chi connectivity index (χ4n) is 6.85. The van der Waals surface area contributed by atoms with Crippen molar-refractivity contribution in [3.63, 3.8) is 0 Å². The molecule has 7 heteroatoms. The molecule has 0 bridgehead atoms. The number of rotatable bonds is 4. The number of ketones is 1. The predicted octanol–water partition coefficient (Wildman–Crippen LogP) is 5.83. The molecule has 2 aromatic rings. The van der Waals surface area contributed by atoms with Gasteiger partial charge in [0.2, 0.25) is 5.91 Å². The van der Waals surface area contributed by atoms with Gasteiger partial charge in [-0.05, 0) is 102 Å². The second-order valence-electron chi connectivity index (χ2n) is 10.0. The fourth-order valence-corrected chi connectivity index (χ4v) is 8.29. The molecule has 5 rings (SSSR count). The number of anilines is 1. The van der Waals surface area contributed by atoms with Crippen LogP contribution in [0.3, 0.4) is 0 Å². The summed E-state index contributed by atoms with van der Waals surface area (Å²) in [6.07, 6.45) is 7.55. The van der Waals surface area contributed by atoms with Gasteiger partial charge in [-0.1, -0.05) is 13.0 Å². The number of carbonyl (C=O) groups excluding carboxylic acids is 2. The van der Waals surface area contributed by atoms with Gasteiger partial charge >= 0.3 is 0 Å². The lowest BCUT2D eigenvalue weighted by molar-refractivity contribution is -0.129. The predicted molar refractivity (Wildman–Crippen MR) is 134 cm³/mol. The molecule has 5 nitrogen and oxygen atoms in total. The van der Waals surface area contributed by atoms with Gasteiger partial charge in [-0.2, -0.15) is 0 Å². The number of phenols is 1. The third-order valence-electron chi connectivity index (χ3n) is 8.28. The Hall–Kier alpha value is -1.48. The molecule has 32 heavy (non-hydrogen) atoms. The molecule has 3 unspecified atom stereocenters. The fraction of sp³-hybridized carbons (Fsp3) is 0.560. The van der Waals surface area contributed by atoms with Gasteiger partial charge < -0.3 is 10.4 Å². The maximum atomic E-state index is 13.2. The number of aromatic hydroxyl groups is 1. The van der Waals surface area contributed by atoms with Crippen LogP contribution in [0.25, 0.3) is 0 Å². The van der Waals surface area contributed by atoms with Crippen LogP contribution < -0.4 is 5.32 Å². The molecule has 3 aliphatic carbocycles. The van der Waals surface area contributed by atoms with Gasteiger partial charge in [0, 0.05) is 29.3 Å². The Kier molecular flexibility index (Phi) is 5.85. The van der Waals surface area contributed by atoms with Crippen LogP contribution in [0.1, 0.15) is 67.4 Å². The summed E-state index contributed by atoms with van der Waals surface area (Å²) in [5.41, 5.74) is 2.42. The van der Waals surface area contributed by atoms with E-state index in [-0.39, 0.29) is 17.2 Å². The zero-order valence-electron chi connectivity index (χ0n) is 18.5. The van der Waals surface area contributed by atoms with E-state index in [2.05, 4.69) is 45.9 Å². The van der Waals surface area contributed by atoms with Crippen molar-refractivity contribution in [3.05, 3.63) is 37.9 Å². The third-order valence-corrected chi connectivity index (χ3v) is 10.3. The second-order valence-corrected chi connectivity index (χ2v) is 12.3. The van der Waals surface area contributed by atoms with Crippen molar-refractivity contribution < 1.29 is 14.7 Å². The van der Waals surface area contributed by atoms with Crippen molar-refractivity contribution >= 4 is 50.7 Å². The van der Waals surface area contributed by atoms with Crippen LogP contribution in [-0.4, -0.2) is 21.8 Å². The number of nitrogens with zero attached hydrogens (tertiary/aromatic N) is 1. The van der Waals surface area contributed by atoms with Gasteiger partial charge in [0.05, 0.1) is 3.57 Å². The van der Waals surface area contributed by atoms with Crippen molar-refractivity contribution in [2.24, 2.45) is 23.2 Å². The number of hydrogen-bond donors (Lipinski definition) is 2. The maximum Gasteiger partial charge on any atom is 0.226 e. The van der Waals surface area contributed by atoms with Crippen LogP contribution in [-0.2, 0) is 16.0 Å². The van der Waals surface area contributed by atoms with Gasteiger partial charge in [0.25, 0.3) is 0 Å². The molecule has 1 heterocycles. The molecule has 0 spiro atoms. The maximum absolute atomic E-state index is 13.2. The van der Waals surface area contributed by atoms with Gasteiger partial charge in [-0.3, -0.25) is 9.59 Å². The smallest absolute Gasteiger partial charge is 0.226 e. The summed E-state index contributed by atoms with van der Waals surface area (Å²) >= 11 is 3.76. The Bertz CT molecular complexity index is 1080. The molecule has 1 aromatic heterocycles. The zero-order chi connectivity index (χ0) is 22.6. The monoisotopic (exact) mass is 564 g/mol. The van der Waals surface area contributed by atoms with E-state index in [9.17, 15) is 14.7 Å². The number of fused-ring (bicyclic) bond motifs is 5. The Morgan fingerprint density at radius 3 is 2.94 bits per heavy atom. The first-order valence-corrected chi connectivity index (χ1v) is 13.4. The molecule has 0 aliphatic heterocycles. The Morgan fingerprint density at radius 2 is 2.19 bits per heavy atom. The minimum absolute atomic E-state index is 0.00761. The lowest BCUT2D eigenvalue weighted by atomic mass is 9.54. The quantitative estimate of drug-likeness (QED) is 0.458. The summed E-state index contributed by atoms with van der Waals surface area (Å²) in [5.74, 6) is 2.29. The average Bonchev–Trinajstić information content (AvgIpc) is 3.28. The number of hydrogen-bond acceptors (Lipinski definition) is 5. The number of aromatic nitrogens is 1. The lowest BCUT2D eigenvalue weighted by Gasteiger charge is -2.50. The molecular weight excluding hydrogens is 535 g/mol. The molecule has 2 fully saturated rings. The Morgan fingerprint density at radius 1 is 1.38 bits per heavy atom. The van der Waals surface area contributed by atoms with Crippen LogP contribution in [0.2, 0.25) is 0 Å². The van der Waals surface area contributed by atoms with Gasteiger partial charge in [-0.25, -0.2) is 4.98 Å². The van der Waals surface area contributed by atoms with Crippen LogP contribution >= 0.6 is 33.9 Å². The number of Topliss-reactive ketones (excluding diaryl/α,β-unsaturated/α-hetero) is 1. The number of aryl methyl sites for hydroxylation is 1. The first-order chi connectivity index (χ1) is 15.3. The van der Waals surface area contributed by atoms with Crippen molar-refractivity contribution in [3.8, 4) is 5.75 Å². The molecule has 170 valence electrons. The normalized spacial score (nSPS) is 31.0. The highest BCUT2D eigenvalue weighted by molar-refractivity contribution is 14.1. The molecular formula is C25H29IN2O3S. The number of halogens is 1. The van der Waals surface area contributed by atoms with Crippen LogP contribution in [0.4, 0.5) is 5.13 Å². The van der Waals surface area contributed by atoms with Crippen molar-refractivity contribution in [2.75, 3.05) is 5.32 Å². The number of thiazole rings is 1. The lowest BCUT2D eigenvalue weighted by Crippen LogP contribution is -2.44. The van der Waals surface area contributed by atoms with Gasteiger partial charge in [0.15, 0.2) is 5.13 Å². The number of phenolic OH excluding ortho intramolecular Hbond substituents is 1. The van der Waals surface area contributed by atoms with E-state index in [0.717, 1.165) is 40.6 Å². The van der Waals surface area contributed by atoms with E-state index in [1.165, 1.54) is 22.5 Å². The zero-order valence-corrected chi connectivity index (χ0v) is 21.5. The highest BCUT2D eigenvalue weighted by Crippen LogP contribution is 2.62. The van der Waals surface area contributed by atoms with Crippen LogP contribution in [0.15, 0.2) is 18.3 Å². The minimum Gasteiger partial charge on any atom is -0.507 e. The van der Waals surface area contributed by atoms with Crippen LogP contribution in [0, 0.1) is 33.7 Å². The van der Waals surface area contributed by atoms with E-state index in [0.29, 0.717) is 47.3 Å². The van der Waals surface area contributed by atoms with Crippen LogP contribution in [0.5, 0.6) is 5.75 Å². The molecule has 2 saturated carbocycles. The largest absolute Gasteiger partial charge is 0.507 e. The molecule has 1 amide bonds. The third kappa shape index (κ3) is 3.69. The number of benzene rings is 1. The first kappa shape index (κ1) is 22.3. The number of amides is 1. The van der Waals surface area contributed by atoms with E-state index < -0.39 is 0 Å². The summed E-state index contributed by atoms with van der Waals surface area (Å²) < 4.78 is 0.986. The molecule has 3 aliphatic rings. The molecule has 5 atom stereocenters. The summed E-state index contributed by atoms with van der Waals surface area (Å²) in [6.45, 7) is 4.16. The molecule has 0 saturated heterocycles. The van der Waals surface area contributed by atoms with E-state index in [1.807, 2.05) is 13.0 Å². The first-order valence-electron chi connectivity index (χ1n) is 11.5. The van der Waals surface area contributed by atoms with Gasteiger partial charge in [0.1, 0.15) is 11.5 Å². The summed E-state index contributed by atoms with van der Waals surface area (Å²) in [6, 6.07) is 3.94. The average molecular weight is 564 g/mol. The summed E-state index contributed by atoms with van der Waals surface area (Å²) in [4.78, 5) is 31.0. The molecule has 1 aromatic carbocycles. The summed E-state index contributed by atoms with van der Waals surface area (Å²) in [5, 5.41) is 13.7. The highest BCUT2D eigenvalue weighted by Gasteiger charge is 2.58. The number of carbonyl (C=O) groups is 2. The van der Waals surface area contributed by atoms with Gasteiger partial charge in [-0.15, -0.1) is 11.3 Å². The van der Waals surface area contributed by atoms with E-state index >= 15 is 0 Å². The summed E-state index contributed by atoms with van der Waals surface area (Å²) in [7, 11) is 0. The topological polar surface area (TPSA) is 79.3 Å². The van der Waals surface area contributed by atoms with Crippen molar-refractivity contribution in [1.82, 2.24) is 4.98 Å². The van der Waals surface area contributed by atoms with E-state index in [1.54, 1.807) is 6.20 Å². The van der Waals surface area contributed by atoms with Crippen molar-refractivity contribution in [2.45, 2.75) is 64.7 Å². The van der Waals surface area contributed by atoms with Crippen molar-refractivity contribution in [1.29, 1.82) is 0 Å². The minimum atomic E-state index is -0.254. The molecule has 2 N–H and O–H groups in total. The number of nitrogens with one attached hydrogen (secondary N) is 1.